The van der Waals surface area contributed by atoms with Crippen LogP contribution in [-0.2, 0) is 27.8 Å². The van der Waals surface area contributed by atoms with Crippen molar-refractivity contribution in [3.63, 3.8) is 0 Å². The van der Waals surface area contributed by atoms with Gasteiger partial charge in [0, 0.05) is 45.2 Å². The minimum atomic E-state index is -3.46. The molecule has 0 radical (unpaired) electrons. The molecule has 0 aliphatic carbocycles. The first-order chi connectivity index (χ1) is 9.98. The number of rotatable bonds is 6. The van der Waals surface area contributed by atoms with Gasteiger partial charge in [-0.05, 0) is 31.7 Å². The van der Waals surface area contributed by atoms with Gasteiger partial charge < -0.3 is 15.0 Å². The first-order valence-electron chi connectivity index (χ1n) is 7.42. The van der Waals surface area contributed by atoms with Gasteiger partial charge in [0.25, 0.3) is 0 Å². The summed E-state index contributed by atoms with van der Waals surface area (Å²) in [7, 11) is -1.82. The molecule has 0 amide bonds. The van der Waals surface area contributed by atoms with Crippen LogP contribution in [0.25, 0.3) is 0 Å². The van der Waals surface area contributed by atoms with E-state index in [1.54, 1.807) is 19.3 Å². The summed E-state index contributed by atoms with van der Waals surface area (Å²) in [4.78, 5) is 0.323. The van der Waals surface area contributed by atoms with Crippen LogP contribution in [0.4, 0.5) is 0 Å². The van der Waals surface area contributed by atoms with E-state index in [1.165, 1.54) is 4.31 Å². The van der Waals surface area contributed by atoms with Gasteiger partial charge in [0.2, 0.25) is 10.0 Å². The molecule has 21 heavy (non-hydrogen) atoms. The number of hydrogen-bond donors (Lipinski definition) is 1. The fraction of sp³-hybridized carbons (Fsp3) is 0.714. The van der Waals surface area contributed by atoms with E-state index in [1.807, 2.05) is 11.5 Å². The van der Waals surface area contributed by atoms with Crippen molar-refractivity contribution in [2.45, 2.75) is 37.8 Å². The zero-order chi connectivity index (χ0) is 15.5. The van der Waals surface area contributed by atoms with Crippen molar-refractivity contribution in [1.29, 1.82) is 0 Å². The largest absolute Gasteiger partial charge is 0.381 e. The van der Waals surface area contributed by atoms with Gasteiger partial charge in [0.15, 0.2) is 0 Å². The molecule has 1 aliphatic heterocycles. The Bertz CT molecular complexity index is 541. The maximum Gasteiger partial charge on any atom is 0.244 e. The Morgan fingerprint density at radius 2 is 2.29 bits per heavy atom. The van der Waals surface area contributed by atoms with Crippen molar-refractivity contribution in [2.24, 2.45) is 11.7 Å². The normalized spacial score (nSPS) is 20.1. The molecule has 2 rings (SSSR count). The summed E-state index contributed by atoms with van der Waals surface area (Å²) in [5.41, 5.74) is 6.50. The first kappa shape index (κ1) is 16.5. The van der Waals surface area contributed by atoms with Crippen LogP contribution >= 0.6 is 0 Å². The van der Waals surface area contributed by atoms with Crippen LogP contribution in [0.3, 0.4) is 0 Å². The molecule has 1 saturated heterocycles. The highest BCUT2D eigenvalue weighted by molar-refractivity contribution is 7.89. The summed E-state index contributed by atoms with van der Waals surface area (Å²) in [6, 6.07) is 1.67. The molecule has 1 fully saturated rings. The van der Waals surface area contributed by atoms with Gasteiger partial charge in [-0.15, -0.1) is 0 Å². The zero-order valence-corrected chi connectivity index (χ0v) is 13.6. The lowest BCUT2D eigenvalue weighted by atomic mass is 10.0. The summed E-state index contributed by atoms with van der Waals surface area (Å²) < 4.78 is 34.0. The molecule has 0 bridgehead atoms. The lowest BCUT2D eigenvalue weighted by Gasteiger charge is -2.26. The second kappa shape index (κ2) is 6.91. The average molecular weight is 315 g/mol. The number of aryl methyl sites for hydroxylation is 1. The Morgan fingerprint density at radius 3 is 2.81 bits per heavy atom. The summed E-state index contributed by atoms with van der Waals surface area (Å²) in [6.45, 7) is 4.94. The van der Waals surface area contributed by atoms with Gasteiger partial charge in [0.05, 0.1) is 6.61 Å². The van der Waals surface area contributed by atoms with Gasteiger partial charge in [-0.3, -0.25) is 0 Å². The smallest absolute Gasteiger partial charge is 0.244 e. The van der Waals surface area contributed by atoms with E-state index in [4.69, 9.17) is 10.5 Å². The third-order valence-corrected chi connectivity index (χ3v) is 5.78. The number of hydrogen-bond acceptors (Lipinski definition) is 4. The first-order valence-corrected chi connectivity index (χ1v) is 8.86. The number of aromatic nitrogens is 1. The van der Waals surface area contributed by atoms with Gasteiger partial charge in [0.1, 0.15) is 4.90 Å². The molecule has 2 heterocycles. The van der Waals surface area contributed by atoms with Crippen LogP contribution in [-0.4, -0.2) is 44.1 Å². The Morgan fingerprint density at radius 1 is 1.52 bits per heavy atom. The van der Waals surface area contributed by atoms with Crippen LogP contribution in [0.15, 0.2) is 17.2 Å². The van der Waals surface area contributed by atoms with Crippen LogP contribution in [0.2, 0.25) is 0 Å². The highest BCUT2D eigenvalue weighted by Crippen LogP contribution is 2.21. The predicted octanol–water partition coefficient (Wildman–Crippen LogP) is 1.01. The fourth-order valence-electron chi connectivity index (χ4n) is 2.73. The lowest BCUT2D eigenvalue weighted by Crippen LogP contribution is -2.35. The molecule has 6 nitrogen and oxygen atoms in total. The van der Waals surface area contributed by atoms with Crippen molar-refractivity contribution in [3.8, 4) is 0 Å². The molecular formula is C14H25N3O3S. The van der Waals surface area contributed by atoms with E-state index in [2.05, 4.69) is 0 Å². The van der Waals surface area contributed by atoms with Crippen molar-refractivity contribution >= 4 is 10.0 Å². The summed E-state index contributed by atoms with van der Waals surface area (Å²) >= 11 is 0. The Labute approximate surface area is 126 Å². The van der Waals surface area contributed by atoms with E-state index < -0.39 is 10.0 Å². The van der Waals surface area contributed by atoms with Gasteiger partial charge in [-0.1, -0.05) is 0 Å². The topological polar surface area (TPSA) is 77.6 Å². The zero-order valence-electron chi connectivity index (χ0n) is 12.8. The molecule has 7 heteroatoms. The van der Waals surface area contributed by atoms with Crippen LogP contribution in [0.5, 0.6) is 0 Å². The van der Waals surface area contributed by atoms with E-state index in [9.17, 15) is 8.42 Å². The highest BCUT2D eigenvalue weighted by Gasteiger charge is 2.26. The van der Waals surface area contributed by atoms with E-state index in [0.717, 1.165) is 25.1 Å². The van der Waals surface area contributed by atoms with Crippen LogP contribution in [0, 0.1) is 5.92 Å². The standard InChI is InChI=1S/C14H25N3O3S/c1-3-17-10-14(7-13(17)8-15)21(18,19)16(2)9-12-5-4-6-20-11-12/h7,10,12H,3-6,8-9,11,15H2,1-2H3. The minimum absolute atomic E-state index is 0.278. The average Bonchev–Trinajstić information content (AvgIpc) is 2.92. The van der Waals surface area contributed by atoms with Crippen molar-refractivity contribution in [3.05, 3.63) is 18.0 Å². The molecule has 1 aromatic heterocycles. The van der Waals surface area contributed by atoms with Crippen molar-refractivity contribution in [1.82, 2.24) is 8.87 Å². The molecule has 1 atom stereocenters. The van der Waals surface area contributed by atoms with E-state index >= 15 is 0 Å². The maximum atomic E-state index is 12.6. The highest BCUT2D eigenvalue weighted by atomic mass is 32.2. The number of sulfonamides is 1. The summed E-state index contributed by atoms with van der Waals surface area (Å²) in [5, 5.41) is 0. The third-order valence-electron chi connectivity index (χ3n) is 3.99. The van der Waals surface area contributed by atoms with Gasteiger partial charge in [-0.25, -0.2) is 12.7 Å². The molecule has 2 N–H and O–H groups in total. The Balaban J connectivity index is 2.14. The lowest BCUT2D eigenvalue weighted by molar-refractivity contribution is 0.0495. The second-order valence-electron chi connectivity index (χ2n) is 5.53. The molecule has 0 aromatic carbocycles. The van der Waals surface area contributed by atoms with E-state index in [0.29, 0.717) is 31.1 Å². The second-order valence-corrected chi connectivity index (χ2v) is 7.57. The number of nitrogens with zero attached hydrogens (tertiary/aromatic N) is 2. The SMILES string of the molecule is CCn1cc(S(=O)(=O)N(C)CC2CCCOC2)cc1CN. The molecule has 0 saturated carbocycles. The maximum absolute atomic E-state index is 12.6. The van der Waals surface area contributed by atoms with E-state index in [-0.39, 0.29) is 5.92 Å². The van der Waals surface area contributed by atoms with Crippen LogP contribution in [0.1, 0.15) is 25.5 Å². The minimum Gasteiger partial charge on any atom is -0.381 e. The monoisotopic (exact) mass is 315 g/mol. The molecule has 1 aliphatic rings. The molecule has 1 unspecified atom stereocenters. The fourth-order valence-corrected chi connectivity index (χ4v) is 4.04. The predicted molar refractivity (Wildman–Crippen MR) is 81.4 cm³/mol. The molecule has 0 spiro atoms. The van der Waals surface area contributed by atoms with Gasteiger partial charge >= 0.3 is 0 Å². The summed E-state index contributed by atoms with van der Waals surface area (Å²) in [6.07, 6.45) is 3.69. The third kappa shape index (κ3) is 3.66. The molecular weight excluding hydrogens is 290 g/mol. The Kier molecular flexibility index (Phi) is 5.43. The summed E-state index contributed by atoms with van der Waals surface area (Å²) in [5.74, 6) is 0.278. The molecule has 1 aromatic rings. The van der Waals surface area contributed by atoms with Crippen molar-refractivity contribution < 1.29 is 13.2 Å². The Hall–Kier alpha value is -0.890. The van der Waals surface area contributed by atoms with Crippen molar-refractivity contribution in [2.75, 3.05) is 26.8 Å². The van der Waals surface area contributed by atoms with Gasteiger partial charge in [-0.2, -0.15) is 0 Å². The number of nitrogens with two attached hydrogens (primary N) is 1. The molecule has 120 valence electrons. The number of ether oxygens (including phenoxy) is 1. The van der Waals surface area contributed by atoms with Crippen LogP contribution < -0.4 is 5.73 Å². The quantitative estimate of drug-likeness (QED) is 0.850.